The van der Waals surface area contributed by atoms with Crippen LogP contribution in [0.3, 0.4) is 0 Å². The third-order valence-electron chi connectivity index (χ3n) is 12.6. The molecule has 3 aliphatic carbocycles. The van der Waals surface area contributed by atoms with Gasteiger partial charge in [-0.3, -0.25) is 4.79 Å². The summed E-state index contributed by atoms with van der Waals surface area (Å²) >= 11 is 0. The van der Waals surface area contributed by atoms with Gasteiger partial charge in [-0.2, -0.15) is 0 Å². The maximum atomic E-state index is 12.5. The van der Waals surface area contributed by atoms with E-state index >= 15 is 0 Å². The molecule has 1 N–H and O–H groups in total. The molecule has 9 atom stereocenters. The van der Waals surface area contributed by atoms with Crippen molar-refractivity contribution in [2.75, 3.05) is 0 Å². The number of rotatable bonds is 2. The van der Waals surface area contributed by atoms with Crippen molar-refractivity contribution in [1.29, 1.82) is 0 Å². The third-order valence-corrected chi connectivity index (χ3v) is 12.6. The molecule has 2 saturated heterocycles. The molecule has 0 amide bonds. The lowest BCUT2D eigenvalue weighted by Crippen LogP contribution is -2.62. The molecule has 0 aromatic carbocycles. The zero-order valence-corrected chi connectivity index (χ0v) is 23.1. The number of carbonyl (C=O) groups is 1. The summed E-state index contributed by atoms with van der Waals surface area (Å²) in [5, 5.41) is 10.6. The van der Waals surface area contributed by atoms with Gasteiger partial charge in [0.05, 0.1) is 17.3 Å². The summed E-state index contributed by atoms with van der Waals surface area (Å²) in [5.74, 6) is 2.31. The first-order valence-electron chi connectivity index (χ1n) is 14.2. The number of fused-ring (bicyclic) bond motifs is 5. The molecule has 0 radical (unpaired) electrons. The quantitative estimate of drug-likeness (QED) is 0.454. The number of cyclic esters (lactones) is 1. The molecule has 5 fully saturated rings. The largest absolute Gasteiger partial charge is 0.459 e. The fourth-order valence-corrected chi connectivity index (χ4v) is 10.8. The van der Waals surface area contributed by atoms with Gasteiger partial charge in [0.1, 0.15) is 5.60 Å². The molecule has 0 unspecified atom stereocenters. The lowest BCUT2D eigenvalue weighted by molar-refractivity contribution is -0.210. The molecule has 194 valence electrons. The van der Waals surface area contributed by atoms with E-state index in [1.807, 2.05) is 13.8 Å². The smallest absolute Gasteiger partial charge is 0.306 e. The van der Waals surface area contributed by atoms with E-state index < -0.39 is 5.60 Å². The van der Waals surface area contributed by atoms with Crippen LogP contribution in [0.5, 0.6) is 0 Å². The van der Waals surface area contributed by atoms with Crippen molar-refractivity contribution in [2.45, 2.75) is 143 Å². The Kier molecular flexibility index (Phi) is 5.50. The van der Waals surface area contributed by atoms with Crippen LogP contribution in [0.4, 0.5) is 0 Å². The van der Waals surface area contributed by atoms with E-state index in [2.05, 4.69) is 41.5 Å². The van der Waals surface area contributed by atoms with Crippen LogP contribution in [-0.2, 0) is 14.3 Å². The molecule has 5 aliphatic rings. The second-order valence-corrected chi connectivity index (χ2v) is 15.0. The lowest BCUT2D eigenvalue weighted by Gasteiger charge is -2.67. The van der Waals surface area contributed by atoms with E-state index in [1.54, 1.807) is 0 Å². The van der Waals surface area contributed by atoms with Crippen LogP contribution in [0.15, 0.2) is 0 Å². The predicted octanol–water partition coefficient (Wildman–Crippen LogP) is 6.68. The Balaban J connectivity index is 1.45. The first-order chi connectivity index (χ1) is 15.6. The Morgan fingerprint density at radius 1 is 0.794 bits per heavy atom. The Morgan fingerprint density at radius 2 is 1.47 bits per heavy atom. The minimum atomic E-state index is -0.776. The molecule has 0 bridgehead atoms. The molecule has 2 aliphatic heterocycles. The Morgan fingerprint density at radius 3 is 2.12 bits per heavy atom. The number of hydrogen-bond acceptors (Lipinski definition) is 4. The van der Waals surface area contributed by atoms with Crippen molar-refractivity contribution in [2.24, 2.45) is 39.9 Å². The van der Waals surface area contributed by atoms with Crippen molar-refractivity contribution in [3.8, 4) is 0 Å². The zero-order chi connectivity index (χ0) is 24.9. The van der Waals surface area contributed by atoms with E-state index in [0.717, 1.165) is 25.7 Å². The molecule has 0 spiro atoms. The molecular weight excluding hydrogens is 424 g/mol. The average Bonchev–Trinajstić information content (AvgIpc) is 3.26. The van der Waals surface area contributed by atoms with E-state index in [-0.39, 0.29) is 34.1 Å². The lowest BCUT2D eigenvalue weighted by atomic mass is 9.37. The minimum absolute atomic E-state index is 0.00387. The van der Waals surface area contributed by atoms with E-state index in [4.69, 9.17) is 9.47 Å². The first-order valence-corrected chi connectivity index (χ1v) is 14.2. The molecular formula is C30H50O4. The number of esters is 1. The number of hydrogen-bond donors (Lipinski definition) is 1. The zero-order valence-electron chi connectivity index (χ0n) is 23.1. The molecule has 3 saturated carbocycles. The van der Waals surface area contributed by atoms with Crippen molar-refractivity contribution >= 4 is 5.97 Å². The van der Waals surface area contributed by atoms with E-state index in [1.165, 1.54) is 32.1 Å². The monoisotopic (exact) mass is 474 g/mol. The van der Waals surface area contributed by atoms with Crippen LogP contribution in [0.25, 0.3) is 0 Å². The molecule has 0 aromatic rings. The summed E-state index contributed by atoms with van der Waals surface area (Å²) in [5.41, 5.74) is -0.547. The summed E-state index contributed by atoms with van der Waals surface area (Å²) in [7, 11) is 0. The fraction of sp³-hybridized carbons (Fsp3) is 0.967. The highest BCUT2D eigenvalue weighted by atomic mass is 16.6. The highest BCUT2D eigenvalue weighted by Gasteiger charge is 2.69. The Labute approximate surface area is 207 Å². The van der Waals surface area contributed by atoms with Crippen LogP contribution >= 0.6 is 0 Å². The second-order valence-electron chi connectivity index (χ2n) is 15.0. The van der Waals surface area contributed by atoms with Gasteiger partial charge in [-0.05, 0) is 126 Å². The van der Waals surface area contributed by atoms with Gasteiger partial charge in [0.2, 0.25) is 0 Å². The number of carbonyl (C=O) groups excluding carboxylic acids is 1. The summed E-state index contributed by atoms with van der Waals surface area (Å²) in [6.07, 6.45) is 10.9. The van der Waals surface area contributed by atoms with Gasteiger partial charge >= 0.3 is 5.97 Å². The molecule has 5 rings (SSSR count). The average molecular weight is 475 g/mol. The van der Waals surface area contributed by atoms with Gasteiger partial charge in [-0.1, -0.05) is 20.8 Å². The van der Waals surface area contributed by atoms with Crippen LogP contribution in [0, 0.1) is 39.9 Å². The molecule has 4 heteroatoms. The number of ether oxygens (including phenoxy) is 2. The maximum Gasteiger partial charge on any atom is 0.306 e. The van der Waals surface area contributed by atoms with Crippen molar-refractivity contribution in [3.05, 3.63) is 0 Å². The van der Waals surface area contributed by atoms with E-state index in [0.29, 0.717) is 35.5 Å². The maximum absolute atomic E-state index is 12.5. The van der Waals surface area contributed by atoms with Crippen LogP contribution in [0.1, 0.15) is 120 Å². The SMILES string of the molecule is CC(C)(O)[C@@H]1CC[C@](C)([C@H]2CC[C@]3(C)[C@@H]2CC[C@@H]2[C@@]4(C)CCC(=O)OC(C)(C)[C@@H]4CC[C@]23C)O1. The Bertz CT molecular complexity index is 843. The molecule has 4 nitrogen and oxygen atoms in total. The highest BCUT2D eigenvalue weighted by Crippen LogP contribution is 2.75. The molecule has 2 heterocycles. The predicted molar refractivity (Wildman–Crippen MR) is 134 cm³/mol. The second kappa shape index (κ2) is 7.46. The first kappa shape index (κ1) is 25.1. The van der Waals surface area contributed by atoms with Gasteiger partial charge < -0.3 is 14.6 Å². The number of aliphatic hydroxyl groups is 1. The van der Waals surface area contributed by atoms with Crippen molar-refractivity contribution < 1.29 is 19.4 Å². The topological polar surface area (TPSA) is 55.8 Å². The molecule has 0 aromatic heterocycles. The molecule has 34 heavy (non-hydrogen) atoms. The van der Waals surface area contributed by atoms with Gasteiger partial charge in [-0.15, -0.1) is 0 Å². The third kappa shape index (κ3) is 3.32. The normalized spacial score (nSPS) is 52.9. The van der Waals surface area contributed by atoms with Gasteiger partial charge in [-0.25, -0.2) is 0 Å². The fourth-order valence-electron chi connectivity index (χ4n) is 10.8. The Hall–Kier alpha value is -0.610. The van der Waals surface area contributed by atoms with Gasteiger partial charge in [0.25, 0.3) is 0 Å². The summed E-state index contributed by atoms with van der Waals surface area (Å²) in [6, 6.07) is 0. The van der Waals surface area contributed by atoms with Crippen LogP contribution < -0.4 is 0 Å². The van der Waals surface area contributed by atoms with Crippen molar-refractivity contribution in [1.82, 2.24) is 0 Å². The van der Waals surface area contributed by atoms with Crippen LogP contribution in [-0.4, -0.2) is 34.0 Å². The van der Waals surface area contributed by atoms with E-state index in [9.17, 15) is 9.90 Å². The standard InChI is InChI=1S/C30H50O4/c1-25(2,32)23-13-18-30(8,33-23)20-11-16-28(6)19(20)9-10-22-27(5)15-14-24(31)34-26(3,4)21(27)12-17-29(22,28)7/h19-23,32H,9-18H2,1-8H3/t19-,20+,21+,22-,23+,27+,28-,29-,30-/m1/s1. The minimum Gasteiger partial charge on any atom is -0.459 e. The van der Waals surface area contributed by atoms with Gasteiger partial charge in [0, 0.05) is 12.3 Å². The van der Waals surface area contributed by atoms with Crippen LogP contribution in [0.2, 0.25) is 0 Å². The van der Waals surface area contributed by atoms with Gasteiger partial charge in [0.15, 0.2) is 0 Å². The summed E-state index contributed by atoms with van der Waals surface area (Å²) < 4.78 is 12.7. The summed E-state index contributed by atoms with van der Waals surface area (Å²) in [6.45, 7) is 18.2. The highest BCUT2D eigenvalue weighted by molar-refractivity contribution is 5.70. The van der Waals surface area contributed by atoms with Crippen molar-refractivity contribution in [3.63, 3.8) is 0 Å². The summed E-state index contributed by atoms with van der Waals surface area (Å²) in [4.78, 5) is 12.5.